The van der Waals surface area contributed by atoms with Crippen molar-refractivity contribution in [2.24, 2.45) is 4.99 Å². The summed E-state index contributed by atoms with van der Waals surface area (Å²) < 4.78 is 3.13. The average Bonchev–Trinajstić information content (AvgIpc) is 2.95. The minimum Gasteiger partial charge on any atom is -0.240 e. The van der Waals surface area contributed by atoms with E-state index < -0.39 is 0 Å². The lowest BCUT2D eigenvalue weighted by molar-refractivity contribution is 0.529. The first-order valence-corrected chi connectivity index (χ1v) is 8.44. The Labute approximate surface area is 143 Å². The molecule has 0 radical (unpaired) electrons. The molecule has 23 heavy (non-hydrogen) atoms. The highest BCUT2D eigenvalue weighted by molar-refractivity contribution is 9.10. The van der Waals surface area contributed by atoms with Crippen LogP contribution >= 0.6 is 15.9 Å². The van der Waals surface area contributed by atoms with Crippen LogP contribution in [0.25, 0.3) is 0 Å². The van der Waals surface area contributed by atoms with Crippen LogP contribution in [0.1, 0.15) is 29.3 Å². The van der Waals surface area contributed by atoms with E-state index >= 15 is 0 Å². The van der Waals surface area contributed by atoms with Gasteiger partial charge >= 0.3 is 0 Å². The number of benzene rings is 2. The van der Waals surface area contributed by atoms with E-state index in [0.717, 1.165) is 28.1 Å². The number of nitrogens with zero attached hydrogens (tertiary/aromatic N) is 3. The summed E-state index contributed by atoms with van der Waals surface area (Å²) in [5.74, 6) is 0.931. The van der Waals surface area contributed by atoms with Crippen molar-refractivity contribution in [3.63, 3.8) is 0 Å². The lowest BCUT2D eigenvalue weighted by atomic mass is 9.96. The highest BCUT2D eigenvalue weighted by Crippen LogP contribution is 2.34. The molecule has 0 aliphatic carbocycles. The Morgan fingerprint density at radius 1 is 1.04 bits per heavy atom. The minimum absolute atomic E-state index is 0.191. The van der Waals surface area contributed by atoms with Crippen LogP contribution in [0.15, 0.2) is 70.1 Å². The molecule has 0 saturated carbocycles. The monoisotopic (exact) mass is 365 g/mol. The molecule has 4 heteroatoms. The van der Waals surface area contributed by atoms with E-state index in [1.54, 1.807) is 0 Å². The number of hydrogen-bond acceptors (Lipinski definition) is 2. The number of aliphatic imine (C=N–C) groups is 1. The molecule has 2 aromatic carbocycles. The van der Waals surface area contributed by atoms with Crippen LogP contribution in [-0.4, -0.2) is 15.5 Å². The Kier molecular flexibility index (Phi) is 3.62. The van der Waals surface area contributed by atoms with Gasteiger partial charge in [-0.05, 0) is 30.2 Å². The van der Waals surface area contributed by atoms with Gasteiger partial charge in [0.2, 0.25) is 0 Å². The van der Waals surface area contributed by atoms with Crippen molar-refractivity contribution >= 4 is 27.5 Å². The molecular formula is C19H16BrN3. The Hall–Kier alpha value is -2.20. The molecule has 0 spiro atoms. The Morgan fingerprint density at radius 3 is 2.52 bits per heavy atom. The van der Waals surface area contributed by atoms with Crippen molar-refractivity contribution < 1.29 is 0 Å². The molecule has 2 heterocycles. The summed E-state index contributed by atoms with van der Waals surface area (Å²) >= 11 is 3.49. The third-order valence-corrected chi connectivity index (χ3v) is 4.66. The third-order valence-electron chi connectivity index (χ3n) is 4.13. The molecule has 114 valence electrons. The topological polar surface area (TPSA) is 30.2 Å². The van der Waals surface area contributed by atoms with E-state index in [0.29, 0.717) is 0 Å². The van der Waals surface area contributed by atoms with Gasteiger partial charge in [0.1, 0.15) is 0 Å². The highest BCUT2D eigenvalue weighted by Gasteiger charge is 2.25. The predicted molar refractivity (Wildman–Crippen MR) is 96.5 cm³/mol. The second-order valence-corrected chi connectivity index (χ2v) is 6.70. The molecule has 3 nitrogen and oxygen atoms in total. The van der Waals surface area contributed by atoms with Crippen molar-refractivity contribution in [3.05, 3.63) is 82.0 Å². The first-order chi connectivity index (χ1) is 11.2. The van der Waals surface area contributed by atoms with Crippen molar-refractivity contribution in [1.29, 1.82) is 0 Å². The van der Waals surface area contributed by atoms with Crippen LogP contribution in [0.4, 0.5) is 5.82 Å². The Morgan fingerprint density at radius 2 is 1.78 bits per heavy atom. The number of aromatic nitrogens is 2. The number of halogens is 1. The van der Waals surface area contributed by atoms with Crippen molar-refractivity contribution in [3.8, 4) is 0 Å². The van der Waals surface area contributed by atoms with E-state index in [1.807, 2.05) is 23.7 Å². The highest BCUT2D eigenvalue weighted by atomic mass is 79.9. The van der Waals surface area contributed by atoms with E-state index in [2.05, 4.69) is 69.6 Å². The SMILES string of the molecule is Cc1cc2n(n1)[C@@H](c1ccccc1)CC(c1ccc(Br)cc1)=N2. The lowest BCUT2D eigenvalue weighted by Gasteiger charge is -2.24. The van der Waals surface area contributed by atoms with E-state index in [4.69, 9.17) is 4.99 Å². The molecule has 0 saturated heterocycles. The average molecular weight is 366 g/mol. The summed E-state index contributed by atoms with van der Waals surface area (Å²) in [6.07, 6.45) is 0.847. The molecule has 1 aliphatic rings. The summed E-state index contributed by atoms with van der Waals surface area (Å²) in [4.78, 5) is 4.84. The molecule has 1 aromatic heterocycles. The molecule has 0 bridgehead atoms. The van der Waals surface area contributed by atoms with Crippen LogP contribution in [0, 0.1) is 6.92 Å². The molecule has 0 N–H and O–H groups in total. The van der Waals surface area contributed by atoms with Crippen LogP contribution in [0.5, 0.6) is 0 Å². The van der Waals surface area contributed by atoms with Crippen molar-refractivity contribution in [1.82, 2.24) is 9.78 Å². The molecule has 0 amide bonds. The van der Waals surface area contributed by atoms with Crippen LogP contribution in [0.3, 0.4) is 0 Å². The molecule has 1 aliphatic heterocycles. The second kappa shape index (κ2) is 5.78. The minimum atomic E-state index is 0.191. The zero-order valence-electron chi connectivity index (χ0n) is 12.8. The molecule has 3 aromatic rings. The maximum atomic E-state index is 4.84. The van der Waals surface area contributed by atoms with E-state index in [9.17, 15) is 0 Å². The normalized spacial score (nSPS) is 16.8. The van der Waals surface area contributed by atoms with Gasteiger partial charge in [0.15, 0.2) is 5.82 Å². The van der Waals surface area contributed by atoms with Gasteiger partial charge in [-0.3, -0.25) is 0 Å². The van der Waals surface area contributed by atoms with E-state index in [1.165, 1.54) is 11.1 Å². The van der Waals surface area contributed by atoms with Gasteiger partial charge in [0.25, 0.3) is 0 Å². The second-order valence-electron chi connectivity index (χ2n) is 5.78. The van der Waals surface area contributed by atoms with Gasteiger partial charge in [-0.25, -0.2) is 9.67 Å². The Balaban J connectivity index is 1.81. The van der Waals surface area contributed by atoms with Gasteiger partial charge in [-0.2, -0.15) is 5.10 Å². The first kappa shape index (κ1) is 14.4. The van der Waals surface area contributed by atoms with Crippen molar-refractivity contribution in [2.45, 2.75) is 19.4 Å². The zero-order valence-corrected chi connectivity index (χ0v) is 14.4. The van der Waals surface area contributed by atoms with Gasteiger partial charge in [-0.15, -0.1) is 0 Å². The summed E-state index contributed by atoms with van der Waals surface area (Å²) in [6.45, 7) is 2.02. The number of hydrogen-bond donors (Lipinski definition) is 0. The summed E-state index contributed by atoms with van der Waals surface area (Å²) in [5.41, 5.74) is 4.54. The quantitative estimate of drug-likeness (QED) is 0.623. The summed E-state index contributed by atoms with van der Waals surface area (Å²) in [6, 6.07) is 21.1. The number of aryl methyl sites for hydroxylation is 1. The lowest BCUT2D eigenvalue weighted by Crippen LogP contribution is -2.21. The van der Waals surface area contributed by atoms with E-state index in [-0.39, 0.29) is 6.04 Å². The zero-order chi connectivity index (χ0) is 15.8. The van der Waals surface area contributed by atoms with Crippen molar-refractivity contribution in [2.75, 3.05) is 0 Å². The standard InChI is InChI=1S/C19H16BrN3/c1-13-11-19-21-17(14-7-9-16(20)10-8-14)12-18(23(19)22-13)15-5-3-2-4-6-15/h2-11,18H,12H2,1H3/t18-/m1/s1. The maximum Gasteiger partial charge on any atom is 0.151 e. The van der Waals surface area contributed by atoms with Gasteiger partial charge < -0.3 is 0 Å². The summed E-state index contributed by atoms with van der Waals surface area (Å²) in [5, 5.41) is 4.65. The molecule has 4 rings (SSSR count). The van der Waals surface area contributed by atoms with Gasteiger partial charge in [-0.1, -0.05) is 58.4 Å². The fourth-order valence-corrected chi connectivity index (χ4v) is 3.29. The van der Waals surface area contributed by atoms with Gasteiger partial charge in [0.05, 0.1) is 17.4 Å². The predicted octanol–water partition coefficient (Wildman–Crippen LogP) is 5.07. The summed E-state index contributed by atoms with van der Waals surface area (Å²) in [7, 11) is 0. The number of rotatable bonds is 2. The van der Waals surface area contributed by atoms with Crippen LogP contribution in [0.2, 0.25) is 0 Å². The largest absolute Gasteiger partial charge is 0.240 e. The van der Waals surface area contributed by atoms with Crippen LogP contribution < -0.4 is 0 Å². The maximum absolute atomic E-state index is 4.84. The fraction of sp³-hybridized carbons (Fsp3) is 0.158. The molecular weight excluding hydrogens is 350 g/mol. The molecule has 0 unspecified atom stereocenters. The first-order valence-electron chi connectivity index (χ1n) is 7.65. The van der Waals surface area contributed by atoms with Crippen LogP contribution in [-0.2, 0) is 0 Å². The van der Waals surface area contributed by atoms with Gasteiger partial charge in [0, 0.05) is 17.0 Å². The molecule has 1 atom stereocenters. The third kappa shape index (κ3) is 2.75. The Bertz CT molecular complexity index is 863. The molecule has 0 fully saturated rings. The number of fused-ring (bicyclic) bond motifs is 1. The fourth-order valence-electron chi connectivity index (χ4n) is 3.03. The smallest absolute Gasteiger partial charge is 0.151 e.